The van der Waals surface area contributed by atoms with Crippen molar-refractivity contribution in [1.29, 1.82) is 0 Å². The van der Waals surface area contributed by atoms with Gasteiger partial charge in [0.25, 0.3) is 5.91 Å². The summed E-state index contributed by atoms with van der Waals surface area (Å²) in [5, 5.41) is 4.12. The first-order chi connectivity index (χ1) is 15.0. The van der Waals surface area contributed by atoms with Crippen LogP contribution in [0.2, 0.25) is 0 Å². The summed E-state index contributed by atoms with van der Waals surface area (Å²) < 4.78 is 3.81. The first kappa shape index (κ1) is 21.8. The zero-order valence-corrected chi connectivity index (χ0v) is 18.0. The van der Waals surface area contributed by atoms with E-state index >= 15 is 0 Å². The summed E-state index contributed by atoms with van der Waals surface area (Å²) in [7, 11) is 0. The van der Waals surface area contributed by atoms with Gasteiger partial charge in [-0.15, -0.1) is 0 Å². The summed E-state index contributed by atoms with van der Waals surface area (Å²) in [6.07, 6.45) is 8.83. The van der Waals surface area contributed by atoms with E-state index in [-0.39, 0.29) is 12.2 Å². The number of pyridine rings is 2. The molecule has 0 saturated carbocycles. The Labute approximate surface area is 181 Å². The van der Waals surface area contributed by atoms with Crippen LogP contribution >= 0.6 is 0 Å². The topological polar surface area (TPSA) is 119 Å². The molecule has 4 heterocycles. The van der Waals surface area contributed by atoms with Crippen molar-refractivity contribution in [3.63, 3.8) is 0 Å². The standard InChI is InChI=1S/C20H22N8O.C2H6/c1-14-5-7-27-13-24-17(18(27)8-14)9-23-20(29)16(21)12-28(22)11-15-10-26-6-3-2-4-19(26)25-15;1-2/h2-8,10,12-13H,9,11,21-22H2,1H3,(H,23,29);1-2H3/b16-12-;. The maximum atomic E-state index is 12.3. The third-order valence-electron chi connectivity index (χ3n) is 4.52. The van der Waals surface area contributed by atoms with Gasteiger partial charge in [0.2, 0.25) is 0 Å². The number of hydrogen-bond donors (Lipinski definition) is 3. The molecule has 4 rings (SSSR count). The smallest absolute Gasteiger partial charge is 0.269 e. The third kappa shape index (κ3) is 5.20. The van der Waals surface area contributed by atoms with Crippen molar-refractivity contribution in [2.45, 2.75) is 33.9 Å². The van der Waals surface area contributed by atoms with Crippen molar-refractivity contribution in [1.82, 2.24) is 29.1 Å². The van der Waals surface area contributed by atoms with E-state index in [0.29, 0.717) is 6.54 Å². The number of nitrogens with one attached hydrogen (secondary N) is 1. The number of carbonyl (C=O) groups excluding carboxylic acids is 1. The fraction of sp³-hybridized carbons (Fsp3) is 0.227. The Morgan fingerprint density at radius 2 is 2.03 bits per heavy atom. The first-order valence-electron chi connectivity index (χ1n) is 10.1. The number of hydrogen-bond acceptors (Lipinski definition) is 6. The number of carbonyl (C=O) groups is 1. The van der Waals surface area contributed by atoms with Crippen LogP contribution in [0.1, 0.15) is 30.8 Å². The van der Waals surface area contributed by atoms with Crippen molar-refractivity contribution < 1.29 is 4.79 Å². The minimum atomic E-state index is -0.413. The molecule has 9 nitrogen and oxygen atoms in total. The average Bonchev–Trinajstić information content (AvgIpc) is 3.36. The number of hydrazine groups is 1. The van der Waals surface area contributed by atoms with E-state index in [1.807, 2.05) is 78.5 Å². The molecular weight excluding hydrogens is 392 g/mol. The molecule has 0 saturated heterocycles. The highest BCUT2D eigenvalue weighted by atomic mass is 16.2. The quantitative estimate of drug-likeness (QED) is 0.250. The second-order valence-corrected chi connectivity index (χ2v) is 6.83. The van der Waals surface area contributed by atoms with E-state index in [1.54, 1.807) is 6.33 Å². The fourth-order valence-electron chi connectivity index (χ4n) is 3.08. The van der Waals surface area contributed by atoms with Gasteiger partial charge in [-0.1, -0.05) is 19.9 Å². The lowest BCUT2D eigenvalue weighted by molar-refractivity contribution is -0.117. The van der Waals surface area contributed by atoms with Gasteiger partial charge in [-0.3, -0.25) is 4.79 Å². The van der Waals surface area contributed by atoms with Gasteiger partial charge in [0, 0.05) is 24.8 Å². The number of aromatic nitrogens is 4. The second-order valence-electron chi connectivity index (χ2n) is 6.83. The first-order valence-corrected chi connectivity index (χ1v) is 10.1. The highest BCUT2D eigenvalue weighted by Gasteiger charge is 2.11. The lowest BCUT2D eigenvalue weighted by atomic mass is 10.2. The van der Waals surface area contributed by atoms with Crippen LogP contribution in [0.25, 0.3) is 11.2 Å². The van der Waals surface area contributed by atoms with Crippen LogP contribution in [0.15, 0.2) is 67.1 Å². The van der Waals surface area contributed by atoms with Gasteiger partial charge >= 0.3 is 0 Å². The molecule has 0 aliphatic heterocycles. The van der Waals surface area contributed by atoms with E-state index in [4.69, 9.17) is 11.6 Å². The van der Waals surface area contributed by atoms with Gasteiger partial charge in [-0.25, -0.2) is 15.8 Å². The van der Waals surface area contributed by atoms with Crippen LogP contribution in [0.3, 0.4) is 0 Å². The summed E-state index contributed by atoms with van der Waals surface area (Å²) in [5.41, 5.74) is 10.3. The van der Waals surface area contributed by atoms with Crippen molar-refractivity contribution in [2.75, 3.05) is 0 Å². The van der Waals surface area contributed by atoms with Crippen molar-refractivity contribution in [3.05, 3.63) is 84.1 Å². The minimum absolute atomic E-state index is 0.0101. The molecule has 4 aromatic rings. The molecule has 0 spiro atoms. The summed E-state index contributed by atoms with van der Waals surface area (Å²) in [6, 6.07) is 9.76. The maximum absolute atomic E-state index is 12.3. The molecule has 0 fully saturated rings. The van der Waals surface area contributed by atoms with Crippen LogP contribution < -0.4 is 16.9 Å². The largest absolute Gasteiger partial charge is 0.393 e. The van der Waals surface area contributed by atoms with Crippen molar-refractivity contribution in [3.8, 4) is 0 Å². The summed E-state index contributed by atoms with van der Waals surface area (Å²) in [5.74, 6) is 5.57. The van der Waals surface area contributed by atoms with Gasteiger partial charge in [0.05, 0.1) is 36.3 Å². The van der Waals surface area contributed by atoms with Gasteiger partial charge < -0.3 is 24.9 Å². The molecule has 0 aliphatic carbocycles. The number of rotatable bonds is 6. The van der Waals surface area contributed by atoms with E-state index < -0.39 is 5.91 Å². The predicted molar refractivity (Wildman–Crippen MR) is 120 cm³/mol. The van der Waals surface area contributed by atoms with Gasteiger partial charge in [0.15, 0.2) is 0 Å². The Bertz CT molecular complexity index is 1170. The van der Waals surface area contributed by atoms with Gasteiger partial charge in [-0.2, -0.15) is 0 Å². The van der Waals surface area contributed by atoms with Crippen molar-refractivity contribution in [2.24, 2.45) is 11.6 Å². The van der Waals surface area contributed by atoms with E-state index in [1.165, 1.54) is 11.2 Å². The van der Waals surface area contributed by atoms with Gasteiger partial charge in [-0.05, 0) is 36.8 Å². The van der Waals surface area contributed by atoms with E-state index in [0.717, 1.165) is 28.1 Å². The Kier molecular flexibility index (Phi) is 6.88. The molecule has 0 bridgehead atoms. The zero-order valence-electron chi connectivity index (χ0n) is 18.0. The van der Waals surface area contributed by atoms with E-state index in [9.17, 15) is 4.79 Å². The number of amides is 1. The van der Waals surface area contributed by atoms with Crippen LogP contribution in [0, 0.1) is 6.92 Å². The van der Waals surface area contributed by atoms with Crippen LogP contribution in [0.5, 0.6) is 0 Å². The molecule has 0 atom stereocenters. The summed E-state index contributed by atoms with van der Waals surface area (Å²) in [4.78, 5) is 21.1. The molecule has 0 aliphatic rings. The number of imidazole rings is 2. The molecule has 31 heavy (non-hydrogen) atoms. The summed E-state index contributed by atoms with van der Waals surface area (Å²) >= 11 is 0. The molecule has 0 radical (unpaired) electrons. The van der Waals surface area contributed by atoms with Crippen LogP contribution in [0.4, 0.5) is 0 Å². The Hall–Kier alpha value is -3.85. The lowest BCUT2D eigenvalue weighted by Crippen LogP contribution is -2.32. The predicted octanol–water partition coefficient (Wildman–Crippen LogP) is 2.11. The molecule has 9 heteroatoms. The van der Waals surface area contributed by atoms with Crippen LogP contribution in [-0.4, -0.2) is 29.7 Å². The molecule has 162 valence electrons. The SMILES string of the molecule is CC.Cc1ccn2cnc(CNC(=O)/C(N)=C/N(N)Cc3cn4ccccc4n3)c2c1. The number of fused-ring (bicyclic) bond motifs is 2. The highest BCUT2D eigenvalue weighted by molar-refractivity contribution is 5.92. The molecule has 0 aromatic carbocycles. The average molecular weight is 421 g/mol. The van der Waals surface area contributed by atoms with E-state index in [2.05, 4.69) is 15.3 Å². The molecule has 0 unspecified atom stereocenters. The maximum Gasteiger partial charge on any atom is 0.269 e. The zero-order chi connectivity index (χ0) is 22.4. The number of nitrogens with two attached hydrogens (primary N) is 2. The molecule has 5 N–H and O–H groups in total. The monoisotopic (exact) mass is 420 g/mol. The number of nitrogens with zero attached hydrogens (tertiary/aromatic N) is 5. The fourth-order valence-corrected chi connectivity index (χ4v) is 3.08. The Balaban J connectivity index is 0.00000132. The van der Waals surface area contributed by atoms with Gasteiger partial charge in [0.1, 0.15) is 11.3 Å². The van der Waals surface area contributed by atoms with Crippen LogP contribution in [-0.2, 0) is 17.9 Å². The number of aryl methyl sites for hydroxylation is 1. The molecular formula is C22H28N8O. The third-order valence-corrected chi connectivity index (χ3v) is 4.52. The Morgan fingerprint density at radius 3 is 2.81 bits per heavy atom. The Morgan fingerprint density at radius 1 is 1.23 bits per heavy atom. The molecule has 1 amide bonds. The molecule has 4 aromatic heterocycles. The summed E-state index contributed by atoms with van der Waals surface area (Å²) in [6.45, 7) is 6.60. The normalized spacial score (nSPS) is 11.3. The highest BCUT2D eigenvalue weighted by Crippen LogP contribution is 2.11. The minimum Gasteiger partial charge on any atom is -0.393 e. The van der Waals surface area contributed by atoms with Crippen molar-refractivity contribution >= 4 is 17.1 Å². The lowest BCUT2D eigenvalue weighted by Gasteiger charge is -2.13. The second kappa shape index (κ2) is 9.77.